The van der Waals surface area contributed by atoms with E-state index in [-0.39, 0.29) is 5.56 Å². The maximum Gasteiger partial charge on any atom is 0.417 e. The summed E-state index contributed by atoms with van der Waals surface area (Å²) < 4.78 is 87.2. The van der Waals surface area contributed by atoms with Gasteiger partial charge < -0.3 is 66.0 Å². The fourth-order valence-corrected chi connectivity index (χ4v) is 14.2. The number of nitrogens with zero attached hydrogens (tertiary/aromatic N) is 5. The normalized spacial score (nSPS) is 11.2. The van der Waals surface area contributed by atoms with Crippen LogP contribution in [0.2, 0.25) is 20.1 Å². The van der Waals surface area contributed by atoms with E-state index in [1.54, 1.807) is 140 Å². The number of methoxy groups -OCH3 is 4. The number of pyridine rings is 5. The Labute approximate surface area is 678 Å². The van der Waals surface area contributed by atoms with E-state index < -0.39 is 11.7 Å². The Hall–Kier alpha value is -13.9. The second-order valence-corrected chi connectivity index (χ2v) is 27.8. The molecule has 0 radical (unpaired) electrons. The molecule has 0 amide bonds. The molecule has 0 saturated heterocycles. The zero-order valence-corrected chi connectivity index (χ0v) is 64.6. The highest BCUT2D eigenvalue weighted by Gasteiger charge is 2.34. The first kappa shape index (κ1) is 76.1. The van der Waals surface area contributed by atoms with Gasteiger partial charge in [-0.1, -0.05) is 70.7 Å². The summed E-state index contributed by atoms with van der Waals surface area (Å²) in [6.45, 7) is 0. The Bertz CT molecular complexity index is 6790. The van der Waals surface area contributed by atoms with Gasteiger partial charge in [0, 0.05) is 205 Å². The van der Waals surface area contributed by atoms with Gasteiger partial charge in [-0.05, 0) is 139 Å². The first-order valence-electron chi connectivity index (χ1n) is 35.6. The third-order valence-electron chi connectivity index (χ3n) is 19.3. The van der Waals surface area contributed by atoms with Crippen LogP contribution in [0.15, 0.2) is 304 Å². The van der Waals surface area contributed by atoms with Gasteiger partial charge in [0.1, 0.15) is 51.2 Å². The maximum absolute atomic E-state index is 13.3. The largest absolute Gasteiger partial charge is 0.497 e. The highest BCUT2D eigenvalue weighted by atomic mass is 35.5. The van der Waals surface area contributed by atoms with Crippen LogP contribution >= 0.6 is 46.4 Å². The van der Waals surface area contributed by atoms with E-state index in [1.165, 1.54) is 18.3 Å². The van der Waals surface area contributed by atoms with Crippen LogP contribution in [0.4, 0.5) is 13.2 Å². The topological polar surface area (TPSA) is 246 Å². The lowest BCUT2D eigenvalue weighted by atomic mass is 9.99. The third kappa shape index (κ3) is 16.0. The van der Waals surface area contributed by atoms with Crippen molar-refractivity contribution in [2.24, 2.45) is 0 Å². The van der Waals surface area contributed by atoms with Gasteiger partial charge in [0.05, 0.1) is 107 Å². The van der Waals surface area contributed by atoms with Gasteiger partial charge in [-0.25, -0.2) is 24.9 Å². The van der Waals surface area contributed by atoms with Gasteiger partial charge in [0.15, 0.2) is 0 Å². The Morgan fingerprint density at radius 3 is 1.08 bits per heavy atom. The number of furan rings is 5. The van der Waals surface area contributed by atoms with Crippen LogP contribution in [0, 0.1) is 0 Å². The number of nitrogens with one attached hydrogen (secondary N) is 5. The van der Waals surface area contributed by atoms with E-state index in [4.69, 9.17) is 87.4 Å². The lowest BCUT2D eigenvalue weighted by Crippen LogP contribution is -2.06. The lowest BCUT2D eigenvalue weighted by Gasteiger charge is -2.12. The Balaban J connectivity index is 0.000000109. The number of hydrogen-bond donors (Lipinski definition) is 5. The van der Waals surface area contributed by atoms with Crippen molar-refractivity contribution in [1.29, 1.82) is 0 Å². The van der Waals surface area contributed by atoms with E-state index in [9.17, 15) is 13.2 Å². The maximum atomic E-state index is 13.3. The van der Waals surface area contributed by atoms with E-state index in [2.05, 4.69) is 74.1 Å². The molecule has 15 aromatic heterocycles. The predicted octanol–water partition coefficient (Wildman–Crippen LogP) is 26.1. The molecule has 0 aliphatic heterocycles. The predicted molar refractivity (Wildman–Crippen MR) is 447 cm³/mol. The van der Waals surface area contributed by atoms with Gasteiger partial charge in [-0.15, -0.1) is 0 Å². The molecule has 0 fully saturated rings. The fraction of sp³-hybridized carbons (Fsp3) is 0.0556. The molecule has 576 valence electrons. The SMILES string of the molecule is COc1ccc(-c2cnc3[nH]cc(-c4ccoc4)c3c2)c(OC)c1.COc1ccc(OC)c(-c2cnc3[nH]cc(-c4ccoc4)c3c2)c1.Clc1ccc(-c2cnc3[nH]cc(-c4ccoc4)c3c2)cc1Cl.Clc1ccc(Cl)c(-c2cnc3[nH]cc(-c4ccoc4)c3c2)c1.FC(F)(F)c1ccccc1-c1cnc2[nH]cc(-c3ccoc3)c2c1. The summed E-state index contributed by atoms with van der Waals surface area (Å²) in [4.78, 5) is 38.0. The summed E-state index contributed by atoms with van der Waals surface area (Å²) in [5, 5.41) is 7.20. The number of aromatic amines is 5. The molecule has 19 nitrogen and oxygen atoms in total. The number of benzene rings is 5. The summed E-state index contributed by atoms with van der Waals surface area (Å²) in [7, 11) is 6.59. The number of hydrogen-bond acceptors (Lipinski definition) is 14. The minimum atomic E-state index is -4.42. The number of fused-ring (bicyclic) bond motifs is 5. The van der Waals surface area contributed by atoms with E-state index >= 15 is 0 Å². The molecule has 20 rings (SSSR count). The van der Waals surface area contributed by atoms with Gasteiger partial charge in [-0.3, -0.25) is 0 Å². The van der Waals surface area contributed by atoms with Crippen LogP contribution < -0.4 is 18.9 Å². The first-order valence-corrected chi connectivity index (χ1v) is 37.1. The summed E-state index contributed by atoms with van der Waals surface area (Å²) in [5.74, 6) is 3.05. The zero-order chi connectivity index (χ0) is 80.0. The first-order chi connectivity index (χ1) is 56.6. The van der Waals surface area contributed by atoms with Crippen molar-refractivity contribution in [3.05, 3.63) is 308 Å². The van der Waals surface area contributed by atoms with Crippen molar-refractivity contribution >= 4 is 102 Å². The van der Waals surface area contributed by atoms with Crippen molar-refractivity contribution in [3.8, 4) is 134 Å². The molecule has 5 aromatic carbocycles. The van der Waals surface area contributed by atoms with Crippen molar-refractivity contribution in [2.75, 3.05) is 28.4 Å². The molecule has 0 bridgehead atoms. The van der Waals surface area contributed by atoms with Crippen LogP contribution in [-0.2, 0) is 6.18 Å². The number of H-pyrrole nitrogens is 5. The number of alkyl halides is 3. The average molecular weight is 1630 g/mol. The Morgan fingerprint density at radius 1 is 0.293 bits per heavy atom. The van der Waals surface area contributed by atoms with Gasteiger partial charge in [0.2, 0.25) is 0 Å². The van der Waals surface area contributed by atoms with Crippen LogP contribution in [0.25, 0.3) is 166 Å². The third-order valence-corrected chi connectivity index (χ3v) is 20.6. The van der Waals surface area contributed by atoms with Gasteiger partial charge >= 0.3 is 6.18 Å². The summed E-state index contributed by atoms with van der Waals surface area (Å²) in [6.07, 6.45) is 30.4. The Morgan fingerprint density at radius 2 is 0.672 bits per heavy atom. The van der Waals surface area contributed by atoms with Gasteiger partial charge in [-0.2, -0.15) is 13.2 Å². The van der Waals surface area contributed by atoms with Crippen molar-refractivity contribution in [1.82, 2.24) is 49.8 Å². The molecule has 116 heavy (non-hydrogen) atoms. The molecular weight excluding hydrogens is 1560 g/mol. The quantitative estimate of drug-likeness (QED) is 0.0680. The highest BCUT2D eigenvalue weighted by molar-refractivity contribution is 6.42. The van der Waals surface area contributed by atoms with Crippen molar-refractivity contribution in [2.45, 2.75) is 6.18 Å². The zero-order valence-electron chi connectivity index (χ0n) is 61.6. The molecule has 0 unspecified atom stereocenters. The number of rotatable bonds is 14. The molecule has 15 heterocycles. The molecule has 0 spiro atoms. The summed E-state index contributed by atoms with van der Waals surface area (Å²) in [5.41, 5.74) is 21.3. The van der Waals surface area contributed by atoms with Crippen LogP contribution in [0.1, 0.15) is 5.56 Å². The van der Waals surface area contributed by atoms with Crippen LogP contribution in [0.3, 0.4) is 0 Å². The van der Waals surface area contributed by atoms with E-state index in [1.807, 2.05) is 122 Å². The van der Waals surface area contributed by atoms with Crippen LogP contribution in [-0.4, -0.2) is 78.3 Å². The molecular formula is C90H63Cl4F3N10O9. The minimum Gasteiger partial charge on any atom is -0.497 e. The molecule has 5 N–H and O–H groups in total. The molecule has 0 aliphatic rings. The highest BCUT2D eigenvalue weighted by Crippen LogP contribution is 2.43. The van der Waals surface area contributed by atoms with Crippen molar-refractivity contribution < 1.29 is 54.2 Å². The molecule has 20 aromatic rings. The monoisotopic (exact) mass is 1620 g/mol. The standard InChI is InChI=1S/2C19H16N2O3.C18H11F3N2O.2C17H10Cl2N2O/c1-22-14-3-4-18(23-2)15(8-14)13-7-16-17(12-5-6-24-11-12)10-21-19(16)20-9-13;1-22-14-3-4-15(18(8-14)23-2)13-7-16-17(12-5-6-24-11-12)10-21-19(16)20-9-13;19-18(20,21)16-4-2-1-3-13(16)12-7-14-15(11-5-6-24-10-11)9-23-17(14)22-8-12;18-12-1-2-16(19)13(6-12)11-5-14-15(10-3-4-22-9-10)8-21-17(14)20-7-11;18-15-2-1-10(6-16(15)19)12-5-13-14(11-3-4-22-9-11)8-21-17(13)20-7-12/h2*3-11H,1-2H3,(H,20,21);1-10H,(H,22,23);2*1-9H,(H,20,21). The summed E-state index contributed by atoms with van der Waals surface area (Å²) in [6, 6.07) is 47.5. The van der Waals surface area contributed by atoms with Gasteiger partial charge in [0.25, 0.3) is 0 Å². The van der Waals surface area contributed by atoms with E-state index in [0.717, 1.165) is 179 Å². The lowest BCUT2D eigenvalue weighted by molar-refractivity contribution is -0.137. The fourth-order valence-electron chi connectivity index (χ4n) is 13.5. The minimum absolute atomic E-state index is 0.110. The Kier molecular flexibility index (Phi) is 21.9. The number of aromatic nitrogens is 10. The van der Waals surface area contributed by atoms with Crippen LogP contribution in [0.5, 0.6) is 23.0 Å². The second-order valence-electron chi connectivity index (χ2n) is 26.1. The second kappa shape index (κ2) is 33.4. The molecule has 0 atom stereocenters. The van der Waals surface area contributed by atoms with Crippen molar-refractivity contribution in [3.63, 3.8) is 0 Å². The number of ether oxygens (including phenoxy) is 4. The average Bonchev–Trinajstić information content (AvgIpc) is 1.61. The number of halogens is 7. The molecule has 0 aliphatic carbocycles. The van der Waals surface area contributed by atoms with E-state index in [0.29, 0.717) is 31.3 Å². The summed E-state index contributed by atoms with van der Waals surface area (Å²) >= 11 is 24.4. The molecule has 0 saturated carbocycles. The molecule has 26 heteroatoms. The smallest absolute Gasteiger partial charge is 0.417 e.